The smallest absolute Gasteiger partial charge is 0.0443 e. The van der Waals surface area contributed by atoms with Crippen molar-refractivity contribution in [2.45, 2.75) is 66.7 Å². The van der Waals surface area contributed by atoms with E-state index in [0.29, 0.717) is 0 Å². The summed E-state index contributed by atoms with van der Waals surface area (Å²) >= 11 is 0. The Morgan fingerprint density at radius 2 is 1.55 bits per heavy atom. The van der Waals surface area contributed by atoms with E-state index in [4.69, 9.17) is 0 Å². The Hall–Kier alpha value is 0. The van der Waals surface area contributed by atoms with Gasteiger partial charge in [0, 0.05) is 0 Å². The second-order valence-corrected chi connectivity index (χ2v) is 3.39. The van der Waals surface area contributed by atoms with Crippen LogP contribution in [0.5, 0.6) is 0 Å². The van der Waals surface area contributed by atoms with Crippen LogP contribution in [0.2, 0.25) is 0 Å². The van der Waals surface area contributed by atoms with Crippen LogP contribution in [-0.4, -0.2) is 0 Å². The zero-order valence-corrected chi connectivity index (χ0v) is 7.82. The molecule has 0 nitrogen and oxygen atoms in total. The van der Waals surface area contributed by atoms with E-state index in [1.54, 1.807) is 0 Å². The van der Waals surface area contributed by atoms with E-state index in [1.807, 2.05) is 0 Å². The third-order valence-corrected chi connectivity index (χ3v) is 2.08. The van der Waals surface area contributed by atoms with Crippen LogP contribution in [0, 0.1) is 5.92 Å². The largest absolute Gasteiger partial charge is 0.0776 e. The van der Waals surface area contributed by atoms with Gasteiger partial charge in [0.1, 0.15) is 0 Å². The molecule has 0 N–H and O–H groups in total. The fourth-order valence-corrected chi connectivity index (χ4v) is 1.38. The van der Waals surface area contributed by atoms with Gasteiger partial charge in [0.05, 0.1) is 0 Å². The molecule has 0 aromatic heterocycles. The average molecular weight is 158 g/mol. The van der Waals surface area contributed by atoms with Gasteiger partial charge in [0.15, 0.2) is 0 Å². The van der Waals surface area contributed by atoms with Crippen molar-refractivity contribution < 1.29 is 0 Å². The highest BCUT2D eigenvalue weighted by Gasteiger charge is 1.98. The zero-order chi connectivity index (χ0) is 7.82. The first-order valence-corrected chi connectivity index (χ1v) is 4.81. The lowest BCUT2D eigenvalue weighted by Gasteiger charge is -2.07. The Morgan fingerprint density at radius 1 is 0.909 bits per heavy atom. The van der Waals surface area contributed by atoms with Crippen LogP contribution in [0.15, 0.2) is 0 Å². The lowest BCUT2D eigenvalue weighted by molar-refractivity contribution is 0.459. The van der Waals surface area contributed by atoms with E-state index < -0.39 is 0 Å². The molecule has 70 valence electrons. The van der Waals surface area contributed by atoms with Crippen molar-refractivity contribution >= 4 is 0 Å². The molecule has 0 aliphatic heterocycles. The van der Waals surface area contributed by atoms with Crippen molar-refractivity contribution in [2.24, 2.45) is 5.92 Å². The molecular formula is C11H26. The van der Waals surface area contributed by atoms with Gasteiger partial charge in [-0.2, -0.15) is 0 Å². The third kappa shape index (κ3) is 10.0. The molecule has 0 rings (SSSR count). The normalized spacial score (nSPS) is 12.3. The Kier molecular flexibility index (Phi) is 12.3. The van der Waals surface area contributed by atoms with Gasteiger partial charge in [-0.3, -0.25) is 0 Å². The van der Waals surface area contributed by atoms with Crippen LogP contribution in [0.1, 0.15) is 66.7 Å². The highest BCUT2D eigenvalue weighted by Crippen LogP contribution is 2.13. The summed E-state index contributed by atoms with van der Waals surface area (Å²) < 4.78 is 0. The molecule has 0 aliphatic rings. The Bertz CT molecular complexity index is 57.1. The van der Waals surface area contributed by atoms with Gasteiger partial charge < -0.3 is 0 Å². The molecule has 0 heteroatoms. The molecule has 0 aromatic carbocycles. The summed E-state index contributed by atoms with van der Waals surface area (Å²) in [7, 11) is 0. The van der Waals surface area contributed by atoms with Crippen LogP contribution < -0.4 is 0 Å². The number of hydrogen-bond acceptors (Lipinski definition) is 0. The fourth-order valence-electron chi connectivity index (χ4n) is 1.38. The third-order valence-electron chi connectivity index (χ3n) is 2.08. The van der Waals surface area contributed by atoms with Crippen molar-refractivity contribution in [1.82, 2.24) is 0 Å². The summed E-state index contributed by atoms with van der Waals surface area (Å²) in [5.41, 5.74) is 0. The standard InChI is InChI=1S/C10H22.CH4/c1-4-6-7-9-10(3)8-5-2;/h10H,4-9H2,1-3H3;1H4. The van der Waals surface area contributed by atoms with Crippen LogP contribution >= 0.6 is 0 Å². The van der Waals surface area contributed by atoms with E-state index >= 15 is 0 Å². The van der Waals surface area contributed by atoms with E-state index in [-0.39, 0.29) is 7.43 Å². The molecule has 0 amide bonds. The molecule has 0 bridgehead atoms. The van der Waals surface area contributed by atoms with Gasteiger partial charge in [0.25, 0.3) is 0 Å². The summed E-state index contributed by atoms with van der Waals surface area (Å²) in [5.74, 6) is 0.969. The van der Waals surface area contributed by atoms with E-state index in [2.05, 4.69) is 20.8 Å². The molecule has 1 atom stereocenters. The highest BCUT2D eigenvalue weighted by molar-refractivity contribution is 4.51. The first-order chi connectivity index (χ1) is 4.81. The lowest BCUT2D eigenvalue weighted by atomic mass is 9.99. The van der Waals surface area contributed by atoms with Crippen molar-refractivity contribution in [1.29, 1.82) is 0 Å². The van der Waals surface area contributed by atoms with Gasteiger partial charge >= 0.3 is 0 Å². The van der Waals surface area contributed by atoms with Crippen LogP contribution in [0.3, 0.4) is 0 Å². The minimum Gasteiger partial charge on any atom is -0.0776 e. The van der Waals surface area contributed by atoms with Crippen molar-refractivity contribution in [3.8, 4) is 0 Å². The second kappa shape index (κ2) is 10.0. The molecule has 11 heavy (non-hydrogen) atoms. The predicted octanol–water partition coefficient (Wildman–Crippen LogP) is 4.64. The zero-order valence-electron chi connectivity index (χ0n) is 7.82. The topological polar surface area (TPSA) is 0 Å². The summed E-state index contributed by atoms with van der Waals surface area (Å²) in [5, 5.41) is 0. The summed E-state index contributed by atoms with van der Waals surface area (Å²) in [4.78, 5) is 0. The van der Waals surface area contributed by atoms with E-state index in [9.17, 15) is 0 Å². The molecule has 0 heterocycles. The Labute approximate surface area is 73.4 Å². The molecule has 0 fully saturated rings. The van der Waals surface area contributed by atoms with Crippen molar-refractivity contribution in [3.63, 3.8) is 0 Å². The SMILES string of the molecule is C.CCCCCC(C)CCC. The summed E-state index contributed by atoms with van der Waals surface area (Å²) in [6.07, 6.45) is 8.45. The molecule has 0 radical (unpaired) electrons. The van der Waals surface area contributed by atoms with Gasteiger partial charge in [-0.15, -0.1) is 0 Å². The quantitative estimate of drug-likeness (QED) is 0.494. The van der Waals surface area contributed by atoms with Gasteiger partial charge in [-0.05, 0) is 5.92 Å². The van der Waals surface area contributed by atoms with Crippen LogP contribution in [-0.2, 0) is 0 Å². The maximum Gasteiger partial charge on any atom is -0.0443 e. The lowest BCUT2D eigenvalue weighted by Crippen LogP contribution is -1.92. The Morgan fingerprint density at radius 3 is 2.00 bits per heavy atom. The number of hydrogen-bond donors (Lipinski definition) is 0. The van der Waals surface area contributed by atoms with Crippen molar-refractivity contribution in [3.05, 3.63) is 0 Å². The summed E-state index contributed by atoms with van der Waals surface area (Å²) in [6.45, 7) is 6.92. The number of unbranched alkanes of at least 4 members (excludes halogenated alkanes) is 2. The van der Waals surface area contributed by atoms with Crippen molar-refractivity contribution in [2.75, 3.05) is 0 Å². The maximum absolute atomic E-state index is 2.37. The minimum absolute atomic E-state index is 0. The molecule has 0 saturated carbocycles. The van der Waals surface area contributed by atoms with Gasteiger partial charge in [-0.25, -0.2) is 0 Å². The van der Waals surface area contributed by atoms with Gasteiger partial charge in [0.2, 0.25) is 0 Å². The van der Waals surface area contributed by atoms with Crippen LogP contribution in [0.4, 0.5) is 0 Å². The first-order valence-electron chi connectivity index (χ1n) is 4.81. The maximum atomic E-state index is 2.37. The highest BCUT2D eigenvalue weighted by atomic mass is 14.0. The molecule has 0 spiro atoms. The number of rotatable bonds is 6. The Balaban J connectivity index is 0. The van der Waals surface area contributed by atoms with E-state index in [0.717, 1.165) is 5.92 Å². The molecule has 0 saturated heterocycles. The summed E-state index contributed by atoms with van der Waals surface area (Å²) in [6, 6.07) is 0. The van der Waals surface area contributed by atoms with Gasteiger partial charge in [-0.1, -0.05) is 66.7 Å². The van der Waals surface area contributed by atoms with Crippen LogP contribution in [0.25, 0.3) is 0 Å². The molecular weight excluding hydrogens is 132 g/mol. The van der Waals surface area contributed by atoms with E-state index in [1.165, 1.54) is 38.5 Å². The monoisotopic (exact) mass is 158 g/mol. The molecule has 0 aromatic rings. The fraction of sp³-hybridized carbons (Fsp3) is 1.00. The average Bonchev–Trinajstić information content (AvgIpc) is 1.89. The minimum atomic E-state index is 0. The molecule has 1 unspecified atom stereocenters. The first kappa shape index (κ1) is 13.6. The second-order valence-electron chi connectivity index (χ2n) is 3.39. The molecule has 0 aliphatic carbocycles. The predicted molar refractivity (Wildman–Crippen MR) is 54.9 cm³/mol.